The molecule has 0 fully saturated rings. The normalized spacial score (nSPS) is 11.7. The maximum atomic E-state index is 12.4. The van der Waals surface area contributed by atoms with Crippen LogP contribution in [0, 0.1) is 0 Å². The zero-order valence-electron chi connectivity index (χ0n) is 12.0. The smallest absolute Gasteiger partial charge is 0.240 e. The minimum Gasteiger partial charge on any atom is -0.349 e. The Morgan fingerprint density at radius 3 is 2.81 bits per heavy atom. The first-order valence-corrected chi connectivity index (χ1v) is 8.38. The van der Waals surface area contributed by atoms with Gasteiger partial charge in [-0.25, -0.2) is 18.1 Å². The number of sulfonamides is 1. The average molecular weight is 308 g/mol. The molecule has 0 bridgehead atoms. The van der Waals surface area contributed by atoms with Crippen LogP contribution < -0.4 is 10.0 Å². The van der Waals surface area contributed by atoms with Gasteiger partial charge in [0.2, 0.25) is 10.0 Å². The van der Waals surface area contributed by atoms with E-state index in [0.717, 1.165) is 17.9 Å². The summed E-state index contributed by atoms with van der Waals surface area (Å²) in [6.45, 7) is 3.62. The lowest BCUT2D eigenvalue weighted by Crippen LogP contribution is -2.28. The van der Waals surface area contributed by atoms with Crippen LogP contribution in [0.25, 0.3) is 0 Å². The van der Waals surface area contributed by atoms with Gasteiger partial charge in [-0.3, -0.25) is 0 Å². The molecule has 0 aliphatic rings. The van der Waals surface area contributed by atoms with E-state index in [1.807, 2.05) is 19.1 Å². The van der Waals surface area contributed by atoms with Crippen molar-refractivity contribution >= 4 is 10.0 Å². The molecule has 1 aromatic carbocycles. The van der Waals surface area contributed by atoms with E-state index in [0.29, 0.717) is 24.4 Å². The standard InChI is InChI=1S/C14H20N4O2S/c1-2-15-11-12-5-3-4-6-13(12)21(19,20)18-8-7-14-16-9-10-17-14/h3-6,9-10,15,18H,2,7-8,11H2,1H3,(H,16,17). The highest BCUT2D eigenvalue weighted by Crippen LogP contribution is 2.15. The first-order chi connectivity index (χ1) is 10.1. The third-order valence-electron chi connectivity index (χ3n) is 3.04. The van der Waals surface area contributed by atoms with E-state index in [4.69, 9.17) is 0 Å². The fraction of sp³-hybridized carbons (Fsp3) is 0.357. The molecule has 0 unspecified atom stereocenters. The highest BCUT2D eigenvalue weighted by molar-refractivity contribution is 7.89. The van der Waals surface area contributed by atoms with Crippen molar-refractivity contribution in [1.82, 2.24) is 20.0 Å². The van der Waals surface area contributed by atoms with E-state index >= 15 is 0 Å². The molecule has 2 aromatic rings. The van der Waals surface area contributed by atoms with Crippen LogP contribution in [0.4, 0.5) is 0 Å². The molecule has 0 atom stereocenters. The van der Waals surface area contributed by atoms with Crippen molar-refractivity contribution in [2.24, 2.45) is 0 Å². The molecule has 21 heavy (non-hydrogen) atoms. The van der Waals surface area contributed by atoms with Gasteiger partial charge in [0.15, 0.2) is 0 Å². The van der Waals surface area contributed by atoms with Gasteiger partial charge in [0.25, 0.3) is 0 Å². The Hall–Kier alpha value is -1.70. The maximum absolute atomic E-state index is 12.4. The first kappa shape index (κ1) is 15.7. The molecular weight excluding hydrogens is 288 g/mol. The van der Waals surface area contributed by atoms with E-state index in [1.165, 1.54) is 0 Å². The summed E-state index contributed by atoms with van der Waals surface area (Å²) in [6, 6.07) is 7.02. The summed E-state index contributed by atoms with van der Waals surface area (Å²) in [5.41, 5.74) is 0.768. The molecule has 1 heterocycles. The van der Waals surface area contributed by atoms with Gasteiger partial charge < -0.3 is 10.3 Å². The quantitative estimate of drug-likeness (QED) is 0.680. The number of aromatic nitrogens is 2. The molecular formula is C14H20N4O2S. The van der Waals surface area contributed by atoms with Crippen LogP contribution in [0.15, 0.2) is 41.6 Å². The molecule has 7 heteroatoms. The maximum Gasteiger partial charge on any atom is 0.240 e. The number of rotatable bonds is 8. The molecule has 0 saturated heterocycles. The summed E-state index contributed by atoms with van der Waals surface area (Å²) in [7, 11) is -3.51. The largest absolute Gasteiger partial charge is 0.349 e. The average Bonchev–Trinajstić information content (AvgIpc) is 2.98. The lowest BCUT2D eigenvalue weighted by atomic mass is 10.2. The van der Waals surface area contributed by atoms with Crippen molar-refractivity contribution in [3.05, 3.63) is 48.0 Å². The zero-order valence-corrected chi connectivity index (χ0v) is 12.8. The Balaban J connectivity index is 2.04. The first-order valence-electron chi connectivity index (χ1n) is 6.90. The number of nitrogens with zero attached hydrogens (tertiary/aromatic N) is 1. The van der Waals surface area contributed by atoms with Crippen LogP contribution in [0.3, 0.4) is 0 Å². The summed E-state index contributed by atoms with van der Waals surface area (Å²) >= 11 is 0. The van der Waals surface area contributed by atoms with Crippen LogP contribution in [0.1, 0.15) is 18.3 Å². The van der Waals surface area contributed by atoms with Crippen LogP contribution in [-0.4, -0.2) is 31.5 Å². The summed E-state index contributed by atoms with van der Waals surface area (Å²) in [5, 5.41) is 3.15. The van der Waals surface area contributed by atoms with Gasteiger partial charge in [-0.2, -0.15) is 0 Å². The van der Waals surface area contributed by atoms with Crippen LogP contribution in [0.2, 0.25) is 0 Å². The zero-order chi connectivity index (χ0) is 15.1. The van der Waals surface area contributed by atoms with Gasteiger partial charge in [-0.15, -0.1) is 0 Å². The second kappa shape index (κ2) is 7.35. The highest BCUT2D eigenvalue weighted by atomic mass is 32.2. The van der Waals surface area contributed by atoms with Crippen LogP contribution in [-0.2, 0) is 23.0 Å². The molecule has 0 radical (unpaired) electrons. The van der Waals surface area contributed by atoms with Crippen molar-refractivity contribution in [1.29, 1.82) is 0 Å². The molecule has 0 spiro atoms. The predicted octanol–water partition coefficient (Wildman–Crippen LogP) is 1.04. The number of hydrogen-bond acceptors (Lipinski definition) is 4. The summed E-state index contributed by atoms with van der Waals surface area (Å²) in [5.74, 6) is 0.763. The minimum absolute atomic E-state index is 0.311. The number of aromatic amines is 1. The lowest BCUT2D eigenvalue weighted by molar-refractivity contribution is 0.578. The Bertz CT molecular complexity index is 653. The number of hydrogen-bond donors (Lipinski definition) is 3. The SMILES string of the molecule is CCNCc1ccccc1S(=O)(=O)NCCc1ncc[nH]1. The fourth-order valence-electron chi connectivity index (χ4n) is 1.99. The molecule has 114 valence electrons. The molecule has 0 saturated carbocycles. The van der Waals surface area contributed by atoms with Crippen molar-refractivity contribution in [3.8, 4) is 0 Å². The topological polar surface area (TPSA) is 86.9 Å². The van der Waals surface area contributed by atoms with Gasteiger partial charge in [0, 0.05) is 31.9 Å². The van der Waals surface area contributed by atoms with Gasteiger partial charge in [0.1, 0.15) is 5.82 Å². The third kappa shape index (κ3) is 4.38. The Kier molecular flexibility index (Phi) is 5.49. The predicted molar refractivity (Wildman–Crippen MR) is 81.3 cm³/mol. The van der Waals surface area contributed by atoms with Gasteiger partial charge in [-0.05, 0) is 18.2 Å². The number of nitrogens with one attached hydrogen (secondary N) is 3. The molecule has 0 aliphatic carbocycles. The minimum atomic E-state index is -3.51. The molecule has 0 amide bonds. The molecule has 1 aromatic heterocycles. The summed E-state index contributed by atoms with van der Waals surface area (Å²) < 4.78 is 27.4. The van der Waals surface area contributed by atoms with Gasteiger partial charge >= 0.3 is 0 Å². The third-order valence-corrected chi connectivity index (χ3v) is 4.60. The number of imidazole rings is 1. The monoisotopic (exact) mass is 308 g/mol. The van der Waals surface area contributed by atoms with E-state index in [1.54, 1.807) is 24.5 Å². The Morgan fingerprint density at radius 1 is 1.29 bits per heavy atom. The van der Waals surface area contributed by atoms with E-state index in [-0.39, 0.29) is 0 Å². The second-order valence-corrected chi connectivity index (χ2v) is 6.31. The van der Waals surface area contributed by atoms with E-state index in [9.17, 15) is 8.42 Å². The number of H-pyrrole nitrogens is 1. The molecule has 6 nitrogen and oxygen atoms in total. The molecule has 3 N–H and O–H groups in total. The summed E-state index contributed by atoms with van der Waals surface area (Å²) in [4.78, 5) is 7.34. The van der Waals surface area contributed by atoms with Crippen molar-refractivity contribution in [3.63, 3.8) is 0 Å². The van der Waals surface area contributed by atoms with Crippen molar-refractivity contribution in [2.45, 2.75) is 24.8 Å². The van der Waals surface area contributed by atoms with Crippen LogP contribution in [0.5, 0.6) is 0 Å². The fourth-order valence-corrected chi connectivity index (χ4v) is 3.26. The molecule has 0 aliphatic heterocycles. The second-order valence-electron chi connectivity index (χ2n) is 4.57. The van der Waals surface area contributed by atoms with E-state index in [2.05, 4.69) is 20.0 Å². The Labute approximate surface area is 125 Å². The molecule has 2 rings (SSSR count). The van der Waals surface area contributed by atoms with Crippen molar-refractivity contribution < 1.29 is 8.42 Å². The van der Waals surface area contributed by atoms with Crippen LogP contribution >= 0.6 is 0 Å². The number of benzene rings is 1. The van der Waals surface area contributed by atoms with Gasteiger partial charge in [0.05, 0.1) is 4.90 Å². The van der Waals surface area contributed by atoms with Gasteiger partial charge in [-0.1, -0.05) is 25.1 Å². The Morgan fingerprint density at radius 2 is 2.10 bits per heavy atom. The van der Waals surface area contributed by atoms with Crippen molar-refractivity contribution in [2.75, 3.05) is 13.1 Å². The van der Waals surface area contributed by atoms with E-state index < -0.39 is 10.0 Å². The highest BCUT2D eigenvalue weighted by Gasteiger charge is 2.17. The lowest BCUT2D eigenvalue weighted by Gasteiger charge is -2.11. The summed E-state index contributed by atoms with van der Waals surface area (Å²) in [6.07, 6.45) is 3.90.